The van der Waals surface area contributed by atoms with Crippen molar-refractivity contribution < 1.29 is 18.0 Å². The number of pyridine rings is 2. The predicted octanol–water partition coefficient (Wildman–Crippen LogP) is 3.89. The number of H-pyrrole nitrogens is 1. The van der Waals surface area contributed by atoms with Gasteiger partial charge in [0, 0.05) is 23.2 Å². The fourth-order valence-corrected chi connectivity index (χ4v) is 3.65. The fraction of sp³-hybridized carbons (Fsp3) is 0.130. The van der Waals surface area contributed by atoms with Crippen LogP contribution in [0.25, 0.3) is 16.6 Å². The number of nitrogens with zero attached hydrogens (tertiary/aromatic N) is 5. The van der Waals surface area contributed by atoms with E-state index in [1.54, 1.807) is 6.92 Å². The summed E-state index contributed by atoms with van der Waals surface area (Å²) in [7, 11) is 0. The van der Waals surface area contributed by atoms with Crippen molar-refractivity contribution in [3.05, 3.63) is 81.3 Å². The van der Waals surface area contributed by atoms with Gasteiger partial charge in [0.2, 0.25) is 0 Å². The molecule has 10 nitrogen and oxygen atoms in total. The lowest BCUT2D eigenvalue weighted by Gasteiger charge is -2.16. The Morgan fingerprint density at radius 2 is 2.00 bits per heavy atom. The average Bonchev–Trinajstić information content (AvgIpc) is 3.27. The summed E-state index contributed by atoms with van der Waals surface area (Å²) in [5.74, 6) is -1.03. The minimum absolute atomic E-state index is 0.0418. The number of carbonyl (C=O) groups is 1. The number of halogens is 4. The van der Waals surface area contributed by atoms with E-state index in [0.717, 1.165) is 0 Å². The van der Waals surface area contributed by atoms with Gasteiger partial charge in [-0.2, -0.15) is 23.4 Å². The summed E-state index contributed by atoms with van der Waals surface area (Å²) in [4.78, 5) is 36.6. The van der Waals surface area contributed by atoms with E-state index in [0.29, 0.717) is 11.9 Å². The number of carbonyl (C=O) groups excluding carboxylic acids is 1. The number of alkyl halides is 3. The maximum atomic E-state index is 14.1. The van der Waals surface area contributed by atoms with Gasteiger partial charge in [-0.05, 0) is 38.1 Å². The molecule has 0 fully saturated rings. The number of aryl methyl sites for hydroxylation is 2. The zero-order valence-electron chi connectivity index (χ0n) is 19.3. The van der Waals surface area contributed by atoms with E-state index in [1.165, 1.54) is 54.4 Å². The zero-order chi connectivity index (χ0) is 26.9. The van der Waals surface area contributed by atoms with Gasteiger partial charge in [0.15, 0.2) is 11.5 Å². The first-order chi connectivity index (χ1) is 17.5. The van der Waals surface area contributed by atoms with E-state index < -0.39 is 28.9 Å². The molecular weight excluding hydrogens is 513 g/mol. The summed E-state index contributed by atoms with van der Waals surface area (Å²) in [5, 5.41) is 10.8. The highest BCUT2D eigenvalue weighted by Gasteiger charge is 2.41. The van der Waals surface area contributed by atoms with E-state index in [4.69, 9.17) is 17.3 Å². The van der Waals surface area contributed by atoms with E-state index >= 15 is 0 Å². The van der Waals surface area contributed by atoms with E-state index in [9.17, 15) is 22.8 Å². The lowest BCUT2D eigenvalue weighted by atomic mass is 10.1. The van der Waals surface area contributed by atoms with Crippen LogP contribution in [0.2, 0.25) is 5.02 Å². The molecule has 4 N–H and O–H groups in total. The van der Waals surface area contributed by atoms with Crippen LogP contribution in [-0.4, -0.2) is 42.8 Å². The molecule has 0 aliphatic heterocycles. The van der Waals surface area contributed by atoms with Crippen LogP contribution in [0.3, 0.4) is 0 Å². The first kappa shape index (κ1) is 25.6. The third-order valence-corrected chi connectivity index (χ3v) is 5.43. The number of benzene rings is 1. The van der Waals surface area contributed by atoms with Gasteiger partial charge in [-0.3, -0.25) is 9.59 Å². The molecule has 4 rings (SSSR count). The van der Waals surface area contributed by atoms with Gasteiger partial charge in [0.05, 0.1) is 39.6 Å². The number of aromatic amines is 1. The Balaban J connectivity index is 1.72. The molecule has 4 aromatic rings. The Labute approximate surface area is 211 Å². The van der Waals surface area contributed by atoms with Crippen LogP contribution in [0.15, 0.2) is 64.3 Å². The molecule has 0 unspecified atom stereocenters. The summed E-state index contributed by atoms with van der Waals surface area (Å²) in [5.41, 5.74) is 3.18. The number of nitrogens with one attached hydrogen (secondary N) is 2. The molecule has 1 aromatic carbocycles. The SMILES string of the molecule is Cc1cnn(-c2nc(C)c(NC(=O)C(=CN)C(=Nc3cccc4c(=O)[nH]ccc34)C(F)(F)F)cc2Cl)n1. The van der Waals surface area contributed by atoms with Crippen molar-refractivity contribution in [2.75, 3.05) is 5.32 Å². The van der Waals surface area contributed by atoms with E-state index in [-0.39, 0.29) is 38.7 Å². The van der Waals surface area contributed by atoms with Crippen molar-refractivity contribution >= 4 is 45.4 Å². The quantitative estimate of drug-likeness (QED) is 0.264. The first-order valence-corrected chi connectivity index (χ1v) is 10.9. The van der Waals surface area contributed by atoms with Gasteiger partial charge < -0.3 is 16.0 Å². The van der Waals surface area contributed by atoms with Crippen molar-refractivity contribution in [3.63, 3.8) is 0 Å². The molecule has 37 heavy (non-hydrogen) atoms. The summed E-state index contributed by atoms with van der Waals surface area (Å²) in [6.45, 7) is 3.24. The van der Waals surface area contributed by atoms with Crippen LogP contribution in [0.5, 0.6) is 0 Å². The summed E-state index contributed by atoms with van der Waals surface area (Å²) in [6, 6.07) is 6.83. The third kappa shape index (κ3) is 5.21. The maximum absolute atomic E-state index is 14.1. The van der Waals surface area contributed by atoms with E-state index in [2.05, 4.69) is 30.5 Å². The Kier molecular flexibility index (Phi) is 6.81. The molecule has 0 radical (unpaired) electrons. The summed E-state index contributed by atoms with van der Waals surface area (Å²) < 4.78 is 42.2. The normalized spacial score (nSPS) is 12.7. The molecule has 190 valence electrons. The molecule has 3 aromatic heterocycles. The first-order valence-electron chi connectivity index (χ1n) is 10.6. The topological polar surface area (TPSA) is 144 Å². The molecule has 0 bridgehead atoms. The van der Waals surface area contributed by atoms with Gasteiger partial charge in [0.25, 0.3) is 11.5 Å². The predicted molar refractivity (Wildman–Crippen MR) is 132 cm³/mol. The summed E-state index contributed by atoms with van der Waals surface area (Å²) in [6.07, 6.45) is -1.78. The van der Waals surface area contributed by atoms with Gasteiger partial charge in [-0.15, -0.1) is 4.80 Å². The van der Waals surface area contributed by atoms with Crippen molar-refractivity contribution in [1.29, 1.82) is 0 Å². The number of aliphatic imine (C=N–C) groups is 1. The van der Waals surface area contributed by atoms with Crippen LogP contribution in [0.1, 0.15) is 11.4 Å². The average molecular weight is 531 g/mol. The number of rotatable bonds is 5. The Hall–Kier alpha value is -4.52. The van der Waals surface area contributed by atoms with Crippen molar-refractivity contribution in [1.82, 2.24) is 25.0 Å². The van der Waals surface area contributed by atoms with Gasteiger partial charge in [0.1, 0.15) is 0 Å². The molecule has 0 saturated heterocycles. The standard InChI is InChI=1S/C23H18ClF3N8O2/c1-11-10-30-35(34-11)20-16(24)8-18(12(2)31-20)33-22(37)15(9-28)19(23(25,26)27)32-17-5-3-4-14-13(17)6-7-29-21(14)36/h3-10H,28H2,1-2H3,(H,29,36)(H,33,37). The second kappa shape index (κ2) is 9.85. The lowest BCUT2D eigenvalue weighted by molar-refractivity contribution is -0.113. The molecule has 1 amide bonds. The van der Waals surface area contributed by atoms with Crippen LogP contribution >= 0.6 is 11.6 Å². The van der Waals surface area contributed by atoms with Gasteiger partial charge in [-0.1, -0.05) is 17.7 Å². The van der Waals surface area contributed by atoms with Crippen LogP contribution in [0, 0.1) is 13.8 Å². The van der Waals surface area contributed by atoms with Crippen LogP contribution < -0.4 is 16.6 Å². The van der Waals surface area contributed by atoms with Gasteiger partial charge >= 0.3 is 6.18 Å². The molecular formula is C23H18ClF3N8O2. The Morgan fingerprint density at radius 3 is 2.65 bits per heavy atom. The van der Waals surface area contributed by atoms with Crippen LogP contribution in [0.4, 0.5) is 24.5 Å². The fourth-order valence-electron chi connectivity index (χ4n) is 3.43. The highest BCUT2D eigenvalue weighted by atomic mass is 35.5. The summed E-state index contributed by atoms with van der Waals surface area (Å²) >= 11 is 6.27. The number of amides is 1. The largest absolute Gasteiger partial charge is 0.434 e. The number of anilines is 1. The Bertz CT molecular complexity index is 1640. The molecule has 0 aliphatic rings. The zero-order valence-corrected chi connectivity index (χ0v) is 20.0. The number of fused-ring (bicyclic) bond motifs is 1. The van der Waals surface area contributed by atoms with Crippen molar-refractivity contribution in [3.8, 4) is 5.82 Å². The second-order valence-electron chi connectivity index (χ2n) is 7.74. The van der Waals surface area contributed by atoms with E-state index in [1.807, 2.05) is 0 Å². The minimum Gasteiger partial charge on any atom is -0.404 e. The molecule has 0 aliphatic carbocycles. The smallest absolute Gasteiger partial charge is 0.404 e. The number of hydrogen-bond acceptors (Lipinski definition) is 7. The van der Waals surface area contributed by atoms with Crippen molar-refractivity contribution in [2.24, 2.45) is 10.7 Å². The monoisotopic (exact) mass is 530 g/mol. The maximum Gasteiger partial charge on any atom is 0.434 e. The molecule has 14 heteroatoms. The lowest BCUT2D eigenvalue weighted by Crippen LogP contribution is -2.32. The highest BCUT2D eigenvalue weighted by molar-refractivity contribution is 6.33. The second-order valence-corrected chi connectivity index (χ2v) is 8.15. The number of aromatic nitrogens is 5. The number of hydrogen-bond donors (Lipinski definition) is 3. The number of nitrogens with two attached hydrogens (primary N) is 1. The van der Waals surface area contributed by atoms with Gasteiger partial charge in [-0.25, -0.2) is 9.98 Å². The molecule has 0 saturated carbocycles. The molecule has 0 spiro atoms. The Morgan fingerprint density at radius 1 is 1.24 bits per heavy atom. The highest BCUT2D eigenvalue weighted by Crippen LogP contribution is 2.31. The van der Waals surface area contributed by atoms with Crippen LogP contribution in [-0.2, 0) is 4.79 Å². The minimum atomic E-state index is -5.07. The molecule has 0 atom stereocenters. The third-order valence-electron chi connectivity index (χ3n) is 5.15. The van der Waals surface area contributed by atoms with Crippen molar-refractivity contribution in [2.45, 2.75) is 20.0 Å². The molecule has 3 heterocycles.